The monoisotopic (exact) mass is 318 g/mol. The van der Waals surface area contributed by atoms with E-state index in [0.29, 0.717) is 0 Å². The highest BCUT2D eigenvalue weighted by molar-refractivity contribution is 5.44. The van der Waals surface area contributed by atoms with Crippen molar-refractivity contribution in [2.24, 2.45) is 0 Å². The van der Waals surface area contributed by atoms with Crippen LogP contribution in [-0.4, -0.2) is 55.8 Å². The van der Waals surface area contributed by atoms with Crippen LogP contribution in [0.5, 0.6) is 5.75 Å². The second kappa shape index (κ2) is 8.13. The van der Waals surface area contributed by atoms with Gasteiger partial charge in [-0.2, -0.15) is 0 Å². The minimum atomic E-state index is 0.730. The maximum Gasteiger partial charge on any atom is 0.124 e. The number of rotatable bonds is 6. The van der Waals surface area contributed by atoms with Gasteiger partial charge in [0.2, 0.25) is 0 Å². The van der Waals surface area contributed by atoms with E-state index in [0.717, 1.165) is 58.2 Å². The minimum absolute atomic E-state index is 0.730. The van der Waals surface area contributed by atoms with Gasteiger partial charge in [0.1, 0.15) is 5.75 Å². The Morgan fingerprint density at radius 3 is 2.61 bits per heavy atom. The number of benzene rings is 1. The third kappa shape index (κ3) is 4.25. The Morgan fingerprint density at radius 2 is 1.87 bits per heavy atom. The lowest BCUT2D eigenvalue weighted by molar-refractivity contribution is 0.0338. The molecule has 0 amide bonds. The fourth-order valence-corrected chi connectivity index (χ4v) is 3.62. The van der Waals surface area contributed by atoms with E-state index in [2.05, 4.69) is 35.8 Å². The van der Waals surface area contributed by atoms with Crippen molar-refractivity contribution in [1.29, 1.82) is 0 Å². The van der Waals surface area contributed by atoms with Gasteiger partial charge >= 0.3 is 0 Å². The molecule has 2 aliphatic rings. The van der Waals surface area contributed by atoms with E-state index >= 15 is 0 Å². The number of hydrogen-bond donors (Lipinski definition) is 0. The first kappa shape index (κ1) is 16.7. The molecule has 0 bridgehead atoms. The number of nitrogens with zero attached hydrogens (tertiary/aromatic N) is 2. The fourth-order valence-electron chi connectivity index (χ4n) is 3.62. The molecule has 3 rings (SSSR count). The van der Waals surface area contributed by atoms with E-state index in [1.165, 1.54) is 36.2 Å². The van der Waals surface area contributed by atoms with Crippen molar-refractivity contribution < 1.29 is 9.47 Å². The summed E-state index contributed by atoms with van der Waals surface area (Å²) in [5, 5.41) is 0. The molecule has 2 aliphatic heterocycles. The first-order valence-corrected chi connectivity index (χ1v) is 9.10. The van der Waals surface area contributed by atoms with Crippen molar-refractivity contribution in [3.63, 3.8) is 0 Å². The highest BCUT2D eigenvalue weighted by Gasteiger charge is 2.20. The second-order valence-corrected chi connectivity index (χ2v) is 6.58. The summed E-state index contributed by atoms with van der Waals surface area (Å²) in [6.45, 7) is 13.2. The maximum absolute atomic E-state index is 5.96. The summed E-state index contributed by atoms with van der Waals surface area (Å²) in [7, 11) is 0. The normalized spacial score (nSPS) is 19.6. The molecule has 0 N–H and O–H groups in total. The van der Waals surface area contributed by atoms with Crippen molar-refractivity contribution >= 4 is 0 Å². The minimum Gasteiger partial charge on any atom is -0.494 e. The molecule has 4 heteroatoms. The number of hydrogen-bond acceptors (Lipinski definition) is 4. The molecule has 0 saturated carbocycles. The molecule has 1 saturated heterocycles. The van der Waals surface area contributed by atoms with Crippen LogP contribution >= 0.6 is 0 Å². The quantitative estimate of drug-likeness (QED) is 0.805. The number of morpholine rings is 1. The summed E-state index contributed by atoms with van der Waals surface area (Å²) >= 11 is 0. The van der Waals surface area contributed by atoms with Gasteiger partial charge in [-0.1, -0.05) is 13.0 Å². The van der Waals surface area contributed by atoms with Crippen LogP contribution in [0, 0.1) is 0 Å². The van der Waals surface area contributed by atoms with Crippen molar-refractivity contribution in [3.8, 4) is 5.75 Å². The molecule has 4 nitrogen and oxygen atoms in total. The topological polar surface area (TPSA) is 24.9 Å². The Balaban J connectivity index is 1.78. The van der Waals surface area contributed by atoms with E-state index in [-0.39, 0.29) is 0 Å². The summed E-state index contributed by atoms with van der Waals surface area (Å²) in [6, 6.07) is 4.70. The van der Waals surface area contributed by atoms with Crippen LogP contribution in [0.2, 0.25) is 0 Å². The molecule has 0 spiro atoms. The Bertz CT molecular complexity index is 512. The van der Waals surface area contributed by atoms with Crippen molar-refractivity contribution in [2.75, 3.05) is 46.0 Å². The van der Waals surface area contributed by atoms with Crippen molar-refractivity contribution in [2.45, 2.75) is 39.8 Å². The van der Waals surface area contributed by atoms with Gasteiger partial charge in [-0.05, 0) is 43.5 Å². The van der Waals surface area contributed by atoms with Crippen LogP contribution in [0.3, 0.4) is 0 Å². The number of ether oxygens (including phenoxy) is 2. The SMILES string of the molecule is CCCN1CCc2cc(CN3CCOCC3)c(OCC)cc2C1. The third-order valence-electron chi connectivity index (χ3n) is 4.81. The Morgan fingerprint density at radius 1 is 1.04 bits per heavy atom. The standard InChI is InChI=1S/C19H30N2O2/c1-3-6-20-7-5-16-12-18(15-21-8-10-22-11-9-21)19(23-4-2)13-17(16)14-20/h12-13H,3-11,14-15H2,1-2H3. The molecule has 0 atom stereocenters. The highest BCUT2D eigenvalue weighted by atomic mass is 16.5. The van der Waals surface area contributed by atoms with Gasteiger partial charge in [0, 0.05) is 38.3 Å². The highest BCUT2D eigenvalue weighted by Crippen LogP contribution is 2.29. The molecule has 2 heterocycles. The van der Waals surface area contributed by atoms with Crippen LogP contribution < -0.4 is 4.74 Å². The fraction of sp³-hybridized carbons (Fsp3) is 0.684. The van der Waals surface area contributed by atoms with E-state index in [1.54, 1.807) is 0 Å². The molecule has 0 aromatic heterocycles. The van der Waals surface area contributed by atoms with Crippen LogP contribution in [0.15, 0.2) is 12.1 Å². The zero-order valence-electron chi connectivity index (χ0n) is 14.6. The lowest BCUT2D eigenvalue weighted by Crippen LogP contribution is -2.36. The molecule has 0 unspecified atom stereocenters. The van der Waals surface area contributed by atoms with Crippen LogP contribution in [0.25, 0.3) is 0 Å². The second-order valence-electron chi connectivity index (χ2n) is 6.58. The largest absolute Gasteiger partial charge is 0.494 e. The van der Waals surface area contributed by atoms with E-state index < -0.39 is 0 Å². The molecule has 1 fully saturated rings. The first-order valence-electron chi connectivity index (χ1n) is 9.10. The smallest absolute Gasteiger partial charge is 0.124 e. The molecule has 0 radical (unpaired) electrons. The van der Waals surface area contributed by atoms with E-state index in [4.69, 9.17) is 9.47 Å². The molecule has 0 aliphatic carbocycles. The van der Waals surface area contributed by atoms with Crippen LogP contribution in [-0.2, 0) is 24.2 Å². The van der Waals surface area contributed by atoms with Gasteiger partial charge in [0.25, 0.3) is 0 Å². The third-order valence-corrected chi connectivity index (χ3v) is 4.81. The summed E-state index contributed by atoms with van der Waals surface area (Å²) in [5.74, 6) is 1.08. The van der Waals surface area contributed by atoms with Gasteiger partial charge in [-0.15, -0.1) is 0 Å². The van der Waals surface area contributed by atoms with E-state index in [1.807, 2.05) is 0 Å². The zero-order chi connectivity index (χ0) is 16.1. The molecule has 1 aromatic rings. The summed E-state index contributed by atoms with van der Waals surface area (Å²) in [4.78, 5) is 5.03. The Kier molecular flexibility index (Phi) is 5.92. The molecular formula is C19H30N2O2. The summed E-state index contributed by atoms with van der Waals surface area (Å²) in [5.41, 5.74) is 4.32. The predicted octanol–water partition coefficient (Wildman–Crippen LogP) is 2.69. The Labute approximate surface area is 140 Å². The van der Waals surface area contributed by atoms with Gasteiger partial charge in [-0.3, -0.25) is 9.80 Å². The predicted molar refractivity (Wildman–Crippen MR) is 93.0 cm³/mol. The zero-order valence-corrected chi connectivity index (χ0v) is 14.6. The maximum atomic E-state index is 5.96. The lowest BCUT2D eigenvalue weighted by Gasteiger charge is -2.31. The van der Waals surface area contributed by atoms with Gasteiger partial charge in [0.15, 0.2) is 0 Å². The van der Waals surface area contributed by atoms with Crippen LogP contribution in [0.1, 0.15) is 37.0 Å². The van der Waals surface area contributed by atoms with Crippen molar-refractivity contribution in [1.82, 2.24) is 9.80 Å². The van der Waals surface area contributed by atoms with Gasteiger partial charge < -0.3 is 9.47 Å². The van der Waals surface area contributed by atoms with Gasteiger partial charge in [0.05, 0.1) is 19.8 Å². The van der Waals surface area contributed by atoms with E-state index in [9.17, 15) is 0 Å². The molecule has 128 valence electrons. The molecule has 23 heavy (non-hydrogen) atoms. The first-order chi connectivity index (χ1) is 11.3. The molecular weight excluding hydrogens is 288 g/mol. The summed E-state index contributed by atoms with van der Waals surface area (Å²) < 4.78 is 11.4. The Hall–Kier alpha value is -1.10. The van der Waals surface area contributed by atoms with Crippen molar-refractivity contribution in [3.05, 3.63) is 28.8 Å². The van der Waals surface area contributed by atoms with Crippen LogP contribution in [0.4, 0.5) is 0 Å². The average Bonchev–Trinajstić information content (AvgIpc) is 2.57. The number of fused-ring (bicyclic) bond motifs is 1. The van der Waals surface area contributed by atoms with Gasteiger partial charge in [-0.25, -0.2) is 0 Å². The average molecular weight is 318 g/mol. The lowest BCUT2D eigenvalue weighted by atomic mass is 9.96. The molecule has 1 aromatic carbocycles. The summed E-state index contributed by atoms with van der Waals surface area (Å²) in [6.07, 6.45) is 2.39.